The molecule has 2 aromatic rings. The second-order valence-electron chi connectivity index (χ2n) is 8.49. The first-order valence-corrected chi connectivity index (χ1v) is 13.6. The van der Waals surface area contributed by atoms with Crippen molar-refractivity contribution >= 4 is 85.6 Å². The highest BCUT2D eigenvalue weighted by atomic mass is 79.9. The Morgan fingerprint density at radius 1 is 0.944 bits per heavy atom. The van der Waals surface area contributed by atoms with Crippen molar-refractivity contribution in [2.45, 2.75) is 26.3 Å². The second kappa shape index (κ2) is 10.2. The number of methoxy groups -OCH3 is 2. The minimum Gasteiger partial charge on any atom is -0.465 e. The largest absolute Gasteiger partial charge is 0.465 e. The summed E-state index contributed by atoms with van der Waals surface area (Å²) in [4.78, 5) is 41.5. The molecule has 0 radical (unpaired) electrons. The lowest BCUT2D eigenvalue weighted by atomic mass is 9.81. The van der Waals surface area contributed by atoms with Crippen LogP contribution in [-0.2, 0) is 19.1 Å². The molecule has 2 aliphatic heterocycles. The quantitative estimate of drug-likeness (QED) is 0.231. The molecule has 0 bridgehead atoms. The number of rotatable bonds is 3. The van der Waals surface area contributed by atoms with Gasteiger partial charge in [0.25, 0.3) is 5.91 Å². The first-order valence-electron chi connectivity index (χ1n) is 10.8. The molecule has 0 aromatic heterocycles. The van der Waals surface area contributed by atoms with Crippen LogP contribution < -0.4 is 4.90 Å². The fourth-order valence-electron chi connectivity index (χ4n) is 4.14. The number of hydrogen-bond acceptors (Lipinski definition) is 8. The SMILES string of the molecule is COC(=O)C1=C(C(=O)OC)SC(=C2C(=S)C(C)(C)N(C(=O)c3ccccc3Br)c3c(C)cccc32)S1. The van der Waals surface area contributed by atoms with Gasteiger partial charge in [-0.2, -0.15) is 0 Å². The van der Waals surface area contributed by atoms with Crippen LogP contribution in [-0.4, -0.2) is 42.5 Å². The van der Waals surface area contributed by atoms with Crippen LogP contribution in [0.5, 0.6) is 0 Å². The summed E-state index contributed by atoms with van der Waals surface area (Å²) < 4.78 is 11.2. The first-order chi connectivity index (χ1) is 17.0. The first kappa shape index (κ1) is 26.7. The van der Waals surface area contributed by atoms with Gasteiger partial charge in [-0.3, -0.25) is 9.69 Å². The molecular formula is C26H22BrNO5S3. The normalized spacial score (nSPS) is 16.7. The van der Waals surface area contributed by atoms with Gasteiger partial charge in [0, 0.05) is 15.6 Å². The van der Waals surface area contributed by atoms with Gasteiger partial charge >= 0.3 is 11.9 Å². The molecule has 1 amide bonds. The molecule has 0 fully saturated rings. The van der Waals surface area contributed by atoms with E-state index in [0.717, 1.165) is 40.3 Å². The van der Waals surface area contributed by atoms with E-state index in [9.17, 15) is 14.4 Å². The molecule has 186 valence electrons. The Morgan fingerprint density at radius 3 is 2.08 bits per heavy atom. The third-order valence-corrected chi connectivity index (χ3v) is 9.87. The molecule has 10 heteroatoms. The number of carbonyl (C=O) groups excluding carboxylic acids is 3. The topological polar surface area (TPSA) is 72.9 Å². The molecule has 2 heterocycles. The van der Waals surface area contributed by atoms with Crippen molar-refractivity contribution in [3.63, 3.8) is 0 Å². The van der Waals surface area contributed by atoms with Gasteiger partial charge < -0.3 is 9.47 Å². The van der Waals surface area contributed by atoms with Crippen molar-refractivity contribution in [1.29, 1.82) is 0 Å². The van der Waals surface area contributed by atoms with E-state index in [-0.39, 0.29) is 15.7 Å². The van der Waals surface area contributed by atoms with Gasteiger partial charge in [0.05, 0.1) is 40.1 Å². The summed E-state index contributed by atoms with van der Waals surface area (Å²) in [5.74, 6) is -1.44. The van der Waals surface area contributed by atoms with E-state index in [4.69, 9.17) is 21.7 Å². The second-order valence-corrected chi connectivity index (χ2v) is 12.0. The van der Waals surface area contributed by atoms with Gasteiger partial charge in [-0.15, -0.1) is 0 Å². The fraction of sp³-hybridized carbons (Fsp3) is 0.231. The Bertz CT molecular complexity index is 1370. The zero-order valence-corrected chi connectivity index (χ0v) is 24.2. The average molecular weight is 605 g/mol. The molecule has 36 heavy (non-hydrogen) atoms. The summed E-state index contributed by atoms with van der Waals surface area (Å²) in [6.07, 6.45) is 0. The number of thiocarbonyl (C=S) groups is 1. The van der Waals surface area contributed by atoms with E-state index in [1.807, 2.05) is 57.2 Å². The Morgan fingerprint density at radius 2 is 1.53 bits per heavy atom. The van der Waals surface area contributed by atoms with Gasteiger partial charge in [0.15, 0.2) is 0 Å². The number of carbonyl (C=O) groups is 3. The van der Waals surface area contributed by atoms with Gasteiger partial charge in [-0.05, 0) is 54.4 Å². The smallest absolute Gasteiger partial charge is 0.346 e. The van der Waals surface area contributed by atoms with Crippen molar-refractivity contribution in [1.82, 2.24) is 0 Å². The predicted molar refractivity (Wildman–Crippen MR) is 152 cm³/mol. The molecule has 0 spiro atoms. The molecule has 0 saturated heterocycles. The van der Waals surface area contributed by atoms with Crippen LogP contribution in [0.15, 0.2) is 61.0 Å². The number of anilines is 1. The van der Waals surface area contributed by atoms with Crippen LogP contribution in [0.2, 0.25) is 0 Å². The number of amides is 1. The summed E-state index contributed by atoms with van der Waals surface area (Å²) in [6, 6.07) is 13.0. The van der Waals surface area contributed by atoms with E-state index >= 15 is 0 Å². The van der Waals surface area contributed by atoms with E-state index in [0.29, 0.717) is 24.7 Å². The molecule has 2 aliphatic rings. The third-order valence-electron chi connectivity index (χ3n) is 5.92. The Balaban J connectivity index is 1.94. The van der Waals surface area contributed by atoms with E-state index in [1.54, 1.807) is 11.0 Å². The third kappa shape index (κ3) is 4.34. The summed E-state index contributed by atoms with van der Waals surface area (Å²) in [6.45, 7) is 5.75. The average Bonchev–Trinajstić information content (AvgIpc) is 3.29. The highest BCUT2D eigenvalue weighted by Gasteiger charge is 2.47. The minimum atomic E-state index is -0.899. The van der Waals surface area contributed by atoms with Gasteiger partial charge in [-0.25, -0.2) is 9.59 Å². The molecule has 0 aliphatic carbocycles. The summed E-state index contributed by atoms with van der Waals surface area (Å²) >= 11 is 11.8. The van der Waals surface area contributed by atoms with Crippen molar-refractivity contribution in [2.24, 2.45) is 0 Å². The van der Waals surface area contributed by atoms with E-state index in [1.165, 1.54) is 14.2 Å². The van der Waals surface area contributed by atoms with Crippen LogP contribution in [0.3, 0.4) is 0 Å². The van der Waals surface area contributed by atoms with E-state index < -0.39 is 17.5 Å². The van der Waals surface area contributed by atoms with Crippen molar-refractivity contribution < 1.29 is 23.9 Å². The molecule has 6 nitrogen and oxygen atoms in total. The van der Waals surface area contributed by atoms with Crippen LogP contribution in [0, 0.1) is 6.92 Å². The highest BCUT2D eigenvalue weighted by Crippen LogP contribution is 2.56. The van der Waals surface area contributed by atoms with Crippen LogP contribution in [0.4, 0.5) is 5.69 Å². The number of halogens is 1. The zero-order chi connectivity index (χ0) is 26.4. The summed E-state index contributed by atoms with van der Waals surface area (Å²) in [5, 5.41) is 0. The number of esters is 2. The number of aryl methyl sites for hydroxylation is 1. The fourth-order valence-corrected chi connectivity index (χ4v) is 7.62. The molecule has 0 unspecified atom stereocenters. The number of nitrogens with zero attached hydrogens (tertiary/aromatic N) is 1. The standard InChI is InChI=1S/C26H22BrNO5S3/c1-13-9-8-11-15-17(25-35-19(23(30)32-4)20(36-25)24(31)33-5)21(34)26(2,3)28(18(13)15)22(29)14-10-6-7-12-16(14)27/h6-12H,1-5H3. The van der Waals surface area contributed by atoms with Gasteiger partial charge in [0.2, 0.25) is 0 Å². The molecule has 2 aromatic carbocycles. The van der Waals surface area contributed by atoms with Crippen molar-refractivity contribution in [3.8, 4) is 0 Å². The number of para-hydroxylation sites is 1. The maximum Gasteiger partial charge on any atom is 0.346 e. The minimum absolute atomic E-state index is 0.151. The van der Waals surface area contributed by atoms with Crippen LogP contribution in [0.1, 0.15) is 35.3 Å². The number of thioether (sulfide) groups is 2. The van der Waals surface area contributed by atoms with E-state index in [2.05, 4.69) is 15.9 Å². The molecule has 0 N–H and O–H groups in total. The zero-order valence-electron chi connectivity index (χ0n) is 20.1. The predicted octanol–water partition coefficient (Wildman–Crippen LogP) is 6.27. The summed E-state index contributed by atoms with van der Waals surface area (Å²) in [5.41, 5.74) is 2.70. The summed E-state index contributed by atoms with van der Waals surface area (Å²) in [7, 11) is 2.53. The maximum absolute atomic E-state index is 14.0. The number of ether oxygens (including phenoxy) is 2. The number of fused-ring (bicyclic) bond motifs is 1. The molecule has 0 atom stereocenters. The lowest BCUT2D eigenvalue weighted by Gasteiger charge is -2.46. The Hall–Kier alpha value is -2.40. The maximum atomic E-state index is 14.0. The number of hydrogen-bond donors (Lipinski definition) is 0. The monoisotopic (exact) mass is 603 g/mol. The Kier molecular flexibility index (Phi) is 7.52. The lowest BCUT2D eigenvalue weighted by Crippen LogP contribution is -2.56. The van der Waals surface area contributed by atoms with Crippen LogP contribution in [0.25, 0.3) is 5.57 Å². The van der Waals surface area contributed by atoms with Crippen LogP contribution >= 0.6 is 51.7 Å². The number of benzene rings is 2. The van der Waals surface area contributed by atoms with Gasteiger partial charge in [0.1, 0.15) is 9.81 Å². The van der Waals surface area contributed by atoms with Gasteiger partial charge in [-0.1, -0.05) is 66.1 Å². The molecule has 0 saturated carbocycles. The molecule has 4 rings (SSSR count). The van der Waals surface area contributed by atoms with Crippen molar-refractivity contribution in [3.05, 3.63) is 77.7 Å². The lowest BCUT2D eigenvalue weighted by molar-refractivity contribution is -0.138. The highest BCUT2D eigenvalue weighted by molar-refractivity contribution is 9.10. The Labute approximate surface area is 231 Å². The van der Waals surface area contributed by atoms with Crippen molar-refractivity contribution in [2.75, 3.05) is 19.1 Å². The molecular weight excluding hydrogens is 582 g/mol.